The number of hydrogen-bond acceptors (Lipinski definition) is 3. The van der Waals surface area contributed by atoms with Crippen molar-refractivity contribution in [3.8, 4) is 0 Å². The van der Waals surface area contributed by atoms with E-state index in [4.69, 9.17) is 0 Å². The van der Waals surface area contributed by atoms with Gasteiger partial charge in [0.25, 0.3) is 0 Å². The summed E-state index contributed by atoms with van der Waals surface area (Å²) >= 11 is 1.53. The van der Waals surface area contributed by atoms with Gasteiger partial charge < -0.3 is 5.11 Å². The van der Waals surface area contributed by atoms with Crippen molar-refractivity contribution in [3.63, 3.8) is 0 Å². The first-order chi connectivity index (χ1) is 8.70. The van der Waals surface area contributed by atoms with Gasteiger partial charge in [0, 0.05) is 18.0 Å². The van der Waals surface area contributed by atoms with E-state index in [9.17, 15) is 9.90 Å². The fourth-order valence-electron chi connectivity index (χ4n) is 2.68. The van der Waals surface area contributed by atoms with Crippen molar-refractivity contribution in [2.45, 2.75) is 19.3 Å². The number of aliphatic carboxylic acids is 1. The SMILES string of the molecule is O=C(O)C1(Cc2nccs2)Cc2ccccc2C1. The van der Waals surface area contributed by atoms with Gasteiger partial charge >= 0.3 is 5.97 Å². The van der Waals surface area contributed by atoms with Crippen LogP contribution in [0.3, 0.4) is 0 Å². The van der Waals surface area contributed by atoms with E-state index in [1.54, 1.807) is 6.20 Å². The highest BCUT2D eigenvalue weighted by Crippen LogP contribution is 2.40. The first-order valence-electron chi connectivity index (χ1n) is 5.88. The molecule has 0 bridgehead atoms. The van der Waals surface area contributed by atoms with Crippen LogP contribution in [0.15, 0.2) is 35.8 Å². The van der Waals surface area contributed by atoms with Crippen molar-refractivity contribution in [2.75, 3.05) is 0 Å². The smallest absolute Gasteiger partial charge is 0.310 e. The third kappa shape index (κ3) is 1.82. The van der Waals surface area contributed by atoms with Crippen molar-refractivity contribution in [3.05, 3.63) is 52.0 Å². The summed E-state index contributed by atoms with van der Waals surface area (Å²) in [6.07, 6.45) is 3.47. The summed E-state index contributed by atoms with van der Waals surface area (Å²) in [6.45, 7) is 0. The fraction of sp³-hybridized carbons (Fsp3) is 0.286. The van der Waals surface area contributed by atoms with Gasteiger partial charge in [0.2, 0.25) is 0 Å². The Labute approximate surface area is 109 Å². The number of carboxylic acids is 1. The zero-order chi connectivity index (χ0) is 12.6. The quantitative estimate of drug-likeness (QED) is 0.921. The van der Waals surface area contributed by atoms with E-state index in [1.165, 1.54) is 11.3 Å². The summed E-state index contributed by atoms with van der Waals surface area (Å²) in [4.78, 5) is 15.9. The number of benzene rings is 1. The summed E-state index contributed by atoms with van der Waals surface area (Å²) in [5, 5.41) is 12.4. The van der Waals surface area contributed by atoms with Crippen molar-refractivity contribution >= 4 is 17.3 Å². The Hall–Kier alpha value is -1.68. The van der Waals surface area contributed by atoms with Gasteiger partial charge in [-0.2, -0.15) is 0 Å². The van der Waals surface area contributed by atoms with Gasteiger partial charge in [0.05, 0.1) is 10.4 Å². The molecule has 0 saturated carbocycles. The van der Waals surface area contributed by atoms with Crippen LogP contribution in [-0.4, -0.2) is 16.1 Å². The number of rotatable bonds is 3. The second-order valence-electron chi connectivity index (χ2n) is 4.81. The summed E-state index contributed by atoms with van der Waals surface area (Å²) in [5.74, 6) is -0.714. The lowest BCUT2D eigenvalue weighted by Gasteiger charge is -2.22. The van der Waals surface area contributed by atoms with Crippen LogP contribution in [0.5, 0.6) is 0 Å². The molecule has 92 valence electrons. The molecule has 1 aromatic carbocycles. The highest BCUT2D eigenvalue weighted by molar-refractivity contribution is 7.09. The maximum absolute atomic E-state index is 11.7. The standard InChI is InChI=1S/C14H13NO2S/c16-13(17)14(9-12-15-5-6-18-12)7-10-3-1-2-4-11(10)8-14/h1-6H,7-9H2,(H,16,17). The molecule has 4 heteroatoms. The van der Waals surface area contributed by atoms with Crippen LogP contribution in [-0.2, 0) is 24.1 Å². The molecule has 18 heavy (non-hydrogen) atoms. The molecule has 2 aromatic rings. The fourth-order valence-corrected chi connectivity index (χ4v) is 3.44. The topological polar surface area (TPSA) is 50.2 Å². The Kier molecular flexibility index (Phi) is 2.67. The van der Waals surface area contributed by atoms with Crippen LogP contribution in [0.4, 0.5) is 0 Å². The lowest BCUT2D eigenvalue weighted by molar-refractivity contribution is -0.148. The second kappa shape index (κ2) is 4.21. The third-order valence-corrected chi connectivity index (χ3v) is 4.38. The normalized spacial score (nSPS) is 16.4. The zero-order valence-corrected chi connectivity index (χ0v) is 10.6. The first kappa shape index (κ1) is 11.4. The van der Waals surface area contributed by atoms with E-state index < -0.39 is 11.4 Å². The lowest BCUT2D eigenvalue weighted by atomic mass is 9.81. The minimum Gasteiger partial charge on any atom is -0.481 e. The number of aromatic nitrogens is 1. The molecule has 0 unspecified atom stereocenters. The van der Waals surface area contributed by atoms with E-state index in [-0.39, 0.29) is 0 Å². The van der Waals surface area contributed by atoms with Gasteiger partial charge in [-0.15, -0.1) is 11.3 Å². The predicted octanol–water partition coefficient (Wildman–Crippen LogP) is 2.56. The maximum atomic E-state index is 11.7. The molecule has 1 heterocycles. The van der Waals surface area contributed by atoms with Crippen molar-refractivity contribution in [1.82, 2.24) is 4.98 Å². The number of fused-ring (bicyclic) bond motifs is 1. The van der Waals surface area contributed by atoms with Crippen LogP contribution in [0.1, 0.15) is 16.1 Å². The molecular weight excluding hydrogens is 246 g/mol. The molecule has 3 nitrogen and oxygen atoms in total. The van der Waals surface area contributed by atoms with E-state index in [2.05, 4.69) is 4.98 Å². The lowest BCUT2D eigenvalue weighted by Crippen LogP contribution is -2.34. The molecular formula is C14H13NO2S. The molecule has 1 N–H and O–H groups in total. The molecule has 3 rings (SSSR count). The molecule has 0 aliphatic heterocycles. The van der Waals surface area contributed by atoms with Crippen LogP contribution >= 0.6 is 11.3 Å². The van der Waals surface area contributed by atoms with Crippen LogP contribution < -0.4 is 0 Å². The molecule has 0 radical (unpaired) electrons. The summed E-state index contributed by atoms with van der Waals surface area (Å²) < 4.78 is 0. The van der Waals surface area contributed by atoms with Crippen LogP contribution in [0, 0.1) is 5.41 Å². The van der Waals surface area contributed by atoms with E-state index in [0.717, 1.165) is 16.1 Å². The molecule has 0 saturated heterocycles. The van der Waals surface area contributed by atoms with Crippen LogP contribution in [0.25, 0.3) is 0 Å². The molecule has 1 aliphatic rings. The Morgan fingerprint density at radius 3 is 2.50 bits per heavy atom. The highest BCUT2D eigenvalue weighted by atomic mass is 32.1. The number of nitrogens with zero attached hydrogens (tertiary/aromatic N) is 1. The second-order valence-corrected chi connectivity index (χ2v) is 5.79. The third-order valence-electron chi connectivity index (χ3n) is 3.60. The van der Waals surface area contributed by atoms with Gasteiger partial charge in [-0.1, -0.05) is 24.3 Å². The number of carbonyl (C=O) groups is 1. The Morgan fingerprint density at radius 1 is 1.33 bits per heavy atom. The largest absolute Gasteiger partial charge is 0.481 e. The van der Waals surface area contributed by atoms with Gasteiger partial charge in [0.15, 0.2) is 0 Å². The molecule has 0 amide bonds. The van der Waals surface area contributed by atoms with Gasteiger partial charge in [0.1, 0.15) is 0 Å². The monoisotopic (exact) mass is 259 g/mol. The Morgan fingerprint density at radius 2 is 2.00 bits per heavy atom. The molecule has 0 fully saturated rings. The first-order valence-corrected chi connectivity index (χ1v) is 6.76. The summed E-state index contributed by atoms with van der Waals surface area (Å²) in [7, 11) is 0. The average molecular weight is 259 g/mol. The minimum atomic E-state index is -0.714. The molecule has 1 aliphatic carbocycles. The van der Waals surface area contributed by atoms with Crippen LogP contribution in [0.2, 0.25) is 0 Å². The molecule has 0 spiro atoms. The highest BCUT2D eigenvalue weighted by Gasteiger charge is 2.44. The molecule has 0 atom stereocenters. The Bertz CT molecular complexity index is 547. The van der Waals surface area contributed by atoms with E-state index in [1.807, 2.05) is 29.6 Å². The van der Waals surface area contributed by atoms with E-state index >= 15 is 0 Å². The van der Waals surface area contributed by atoms with Crippen molar-refractivity contribution < 1.29 is 9.90 Å². The number of hydrogen-bond donors (Lipinski definition) is 1. The Balaban J connectivity index is 1.94. The summed E-state index contributed by atoms with van der Waals surface area (Å²) in [6, 6.07) is 8.00. The van der Waals surface area contributed by atoms with Crippen molar-refractivity contribution in [1.29, 1.82) is 0 Å². The number of thiazole rings is 1. The van der Waals surface area contributed by atoms with Gasteiger partial charge in [-0.05, 0) is 24.0 Å². The average Bonchev–Trinajstić information content (AvgIpc) is 2.96. The molecule has 1 aromatic heterocycles. The number of carboxylic acid groups (broad SMARTS) is 1. The maximum Gasteiger partial charge on any atom is 0.310 e. The predicted molar refractivity (Wildman–Crippen MR) is 69.7 cm³/mol. The van der Waals surface area contributed by atoms with E-state index in [0.29, 0.717) is 19.3 Å². The van der Waals surface area contributed by atoms with Gasteiger partial charge in [-0.3, -0.25) is 4.79 Å². The zero-order valence-electron chi connectivity index (χ0n) is 9.80. The van der Waals surface area contributed by atoms with Gasteiger partial charge in [-0.25, -0.2) is 4.98 Å². The van der Waals surface area contributed by atoms with Crippen molar-refractivity contribution in [2.24, 2.45) is 5.41 Å². The summed E-state index contributed by atoms with van der Waals surface area (Å²) in [5.41, 5.74) is 1.62. The minimum absolute atomic E-state index is 0.523.